The first kappa shape index (κ1) is 22.0. The van der Waals surface area contributed by atoms with E-state index in [9.17, 15) is 32.3 Å². The maximum Gasteiger partial charge on any atom is 0.405 e. The molecule has 0 spiro atoms. The van der Waals surface area contributed by atoms with E-state index in [-0.39, 0.29) is 18.9 Å². The first-order valence-electron chi connectivity index (χ1n) is 8.35. The van der Waals surface area contributed by atoms with Crippen molar-refractivity contribution in [2.24, 2.45) is 5.92 Å². The number of para-hydroxylation sites is 2. The first-order valence-corrected chi connectivity index (χ1v) is 8.35. The van der Waals surface area contributed by atoms with Crippen LogP contribution in [0.2, 0.25) is 0 Å². The molecular weight excluding hydrogens is 399 g/mol. The van der Waals surface area contributed by atoms with Gasteiger partial charge in [0.1, 0.15) is 12.3 Å². The van der Waals surface area contributed by atoms with Gasteiger partial charge in [-0.2, -0.15) is 13.2 Å². The molecule has 4 amide bonds. The number of halogens is 3. The summed E-state index contributed by atoms with van der Waals surface area (Å²) in [6.07, 6.45) is -4.78. The van der Waals surface area contributed by atoms with Crippen molar-refractivity contribution in [1.82, 2.24) is 10.6 Å². The number of hydrogen-bond donors (Lipinski definition) is 2. The van der Waals surface area contributed by atoms with Crippen LogP contribution < -0.4 is 20.3 Å². The zero-order valence-corrected chi connectivity index (χ0v) is 15.2. The molecule has 1 aromatic carbocycles. The number of amides is 4. The second kappa shape index (κ2) is 9.26. The van der Waals surface area contributed by atoms with Gasteiger partial charge in [-0.3, -0.25) is 19.7 Å². The number of carbonyl (C=O) groups excluding carboxylic acids is 4. The van der Waals surface area contributed by atoms with E-state index in [0.717, 1.165) is 0 Å². The molecule has 29 heavy (non-hydrogen) atoms. The molecule has 1 heterocycles. The summed E-state index contributed by atoms with van der Waals surface area (Å²) in [5, 5.41) is 3.03. The van der Waals surface area contributed by atoms with Crippen molar-refractivity contribution >= 4 is 29.5 Å². The fourth-order valence-corrected chi connectivity index (χ4v) is 2.59. The van der Waals surface area contributed by atoms with E-state index >= 15 is 0 Å². The van der Waals surface area contributed by atoms with Crippen LogP contribution in [-0.2, 0) is 19.1 Å². The Bertz CT molecular complexity index is 799. The van der Waals surface area contributed by atoms with Gasteiger partial charge in [0.05, 0.1) is 18.7 Å². The van der Waals surface area contributed by atoms with Gasteiger partial charge in [0.15, 0.2) is 6.61 Å². The molecule has 0 radical (unpaired) electrons. The molecule has 9 nitrogen and oxygen atoms in total. The fourth-order valence-electron chi connectivity index (χ4n) is 2.59. The van der Waals surface area contributed by atoms with Crippen LogP contribution in [0, 0.1) is 5.92 Å². The second-order valence-electron chi connectivity index (χ2n) is 6.03. The van der Waals surface area contributed by atoms with E-state index in [1.807, 2.05) is 0 Å². The number of rotatable bonds is 6. The molecule has 2 N–H and O–H groups in total. The molecule has 0 saturated carbocycles. The summed E-state index contributed by atoms with van der Waals surface area (Å²) in [7, 11) is 1.44. The van der Waals surface area contributed by atoms with E-state index in [2.05, 4.69) is 0 Å². The third kappa shape index (κ3) is 6.36. The van der Waals surface area contributed by atoms with Crippen LogP contribution >= 0.6 is 0 Å². The average molecular weight is 417 g/mol. The van der Waals surface area contributed by atoms with Crippen LogP contribution in [0.1, 0.15) is 6.42 Å². The van der Waals surface area contributed by atoms with E-state index in [1.165, 1.54) is 17.3 Å². The van der Waals surface area contributed by atoms with Crippen molar-refractivity contribution < 1.29 is 41.8 Å². The van der Waals surface area contributed by atoms with E-state index in [0.29, 0.717) is 11.4 Å². The van der Waals surface area contributed by atoms with Crippen molar-refractivity contribution in [1.29, 1.82) is 0 Å². The Hall–Kier alpha value is -3.31. The second-order valence-corrected chi connectivity index (χ2v) is 6.03. The third-order valence-electron chi connectivity index (χ3n) is 3.88. The lowest BCUT2D eigenvalue weighted by atomic mass is 10.1. The molecule has 0 unspecified atom stereocenters. The monoisotopic (exact) mass is 417 g/mol. The summed E-state index contributed by atoms with van der Waals surface area (Å²) < 4.78 is 45.9. The number of imide groups is 1. The topological polar surface area (TPSA) is 114 Å². The van der Waals surface area contributed by atoms with Gasteiger partial charge in [-0.25, -0.2) is 4.79 Å². The smallest absolute Gasteiger partial charge is 0.405 e. The summed E-state index contributed by atoms with van der Waals surface area (Å²) in [5.74, 6) is -2.70. The van der Waals surface area contributed by atoms with Crippen LogP contribution in [0.3, 0.4) is 0 Å². The molecule has 2 rings (SSSR count). The van der Waals surface area contributed by atoms with Crippen LogP contribution in [-0.4, -0.2) is 56.8 Å². The van der Waals surface area contributed by atoms with Gasteiger partial charge in [-0.1, -0.05) is 12.1 Å². The lowest BCUT2D eigenvalue weighted by molar-refractivity contribution is -0.152. The van der Waals surface area contributed by atoms with E-state index < -0.39 is 43.2 Å². The molecule has 1 aromatic rings. The minimum atomic E-state index is -4.63. The summed E-state index contributed by atoms with van der Waals surface area (Å²) in [6, 6.07) is 5.35. The first-order chi connectivity index (χ1) is 13.6. The van der Waals surface area contributed by atoms with Crippen LogP contribution in [0.15, 0.2) is 24.3 Å². The molecule has 1 fully saturated rings. The van der Waals surface area contributed by atoms with E-state index in [1.54, 1.807) is 29.6 Å². The van der Waals surface area contributed by atoms with Crippen molar-refractivity contribution in [3.05, 3.63) is 24.3 Å². The number of esters is 1. The molecule has 12 heteroatoms. The molecule has 1 aliphatic heterocycles. The number of carbonyl (C=O) groups is 4. The normalized spacial score (nSPS) is 16.3. The molecule has 0 aliphatic carbocycles. The van der Waals surface area contributed by atoms with Crippen molar-refractivity contribution in [3.8, 4) is 5.75 Å². The predicted molar refractivity (Wildman–Crippen MR) is 92.0 cm³/mol. The Labute approximate surface area is 163 Å². The van der Waals surface area contributed by atoms with Crippen molar-refractivity contribution in [2.45, 2.75) is 12.6 Å². The molecule has 1 atom stereocenters. The Balaban J connectivity index is 1.83. The number of nitrogens with one attached hydrogen (secondary N) is 2. The summed E-state index contributed by atoms with van der Waals surface area (Å²) in [4.78, 5) is 48.4. The number of hydrogen-bond acceptors (Lipinski definition) is 6. The standard InChI is InChI=1S/C17H18F3N3O6/c1-28-12-5-3-2-4-11(12)23-7-10(6-14(23)25)15(26)29-8-13(24)22-16(27)21-9-17(18,19)20/h2-5,10H,6-9H2,1H3,(H2,21,22,24,27)/t10-/m0/s1. The van der Waals surface area contributed by atoms with Gasteiger partial charge in [-0.05, 0) is 12.1 Å². The number of nitrogens with zero attached hydrogens (tertiary/aromatic N) is 1. The van der Waals surface area contributed by atoms with Crippen LogP contribution in [0.4, 0.5) is 23.7 Å². The molecule has 0 bridgehead atoms. The maximum absolute atomic E-state index is 12.2. The Morgan fingerprint density at radius 1 is 1.24 bits per heavy atom. The Kier molecular flexibility index (Phi) is 7.02. The highest BCUT2D eigenvalue weighted by atomic mass is 19.4. The molecule has 1 aliphatic rings. The number of urea groups is 1. The van der Waals surface area contributed by atoms with Gasteiger partial charge in [-0.15, -0.1) is 0 Å². The zero-order valence-electron chi connectivity index (χ0n) is 15.2. The maximum atomic E-state index is 12.2. The van der Waals surface area contributed by atoms with Crippen LogP contribution in [0.5, 0.6) is 5.75 Å². The number of methoxy groups -OCH3 is 1. The highest BCUT2D eigenvalue weighted by Crippen LogP contribution is 2.33. The quantitative estimate of drug-likeness (QED) is 0.667. The van der Waals surface area contributed by atoms with Crippen molar-refractivity contribution in [2.75, 3.05) is 31.7 Å². The Morgan fingerprint density at radius 2 is 1.93 bits per heavy atom. The predicted octanol–water partition coefficient (Wildman–Crippen LogP) is 0.979. The number of benzene rings is 1. The number of anilines is 1. The lowest BCUT2D eigenvalue weighted by Gasteiger charge is -2.19. The fraction of sp³-hybridized carbons (Fsp3) is 0.412. The van der Waals surface area contributed by atoms with Gasteiger partial charge < -0.3 is 19.7 Å². The third-order valence-corrected chi connectivity index (χ3v) is 3.88. The number of alkyl halides is 3. The summed E-state index contributed by atoms with van der Waals surface area (Å²) in [5.41, 5.74) is 0.481. The minimum Gasteiger partial charge on any atom is -0.495 e. The van der Waals surface area contributed by atoms with Gasteiger partial charge in [0, 0.05) is 13.0 Å². The number of ether oxygens (including phenoxy) is 2. The van der Waals surface area contributed by atoms with Crippen molar-refractivity contribution in [3.63, 3.8) is 0 Å². The van der Waals surface area contributed by atoms with E-state index in [4.69, 9.17) is 9.47 Å². The molecule has 0 aromatic heterocycles. The summed E-state index contributed by atoms with van der Waals surface area (Å²) >= 11 is 0. The minimum absolute atomic E-state index is 0.00568. The van der Waals surface area contributed by atoms with Gasteiger partial charge in [0.25, 0.3) is 5.91 Å². The highest BCUT2D eigenvalue weighted by molar-refractivity contribution is 6.01. The van der Waals surface area contributed by atoms with Gasteiger partial charge in [0.2, 0.25) is 5.91 Å². The largest absolute Gasteiger partial charge is 0.495 e. The summed E-state index contributed by atoms with van der Waals surface area (Å²) in [6.45, 7) is -2.49. The van der Waals surface area contributed by atoms with Crippen LogP contribution in [0.25, 0.3) is 0 Å². The average Bonchev–Trinajstić information content (AvgIpc) is 3.05. The SMILES string of the molecule is COc1ccccc1N1C[C@@H](C(=O)OCC(=O)NC(=O)NCC(F)(F)F)CC1=O. The molecule has 158 valence electrons. The molecule has 1 saturated heterocycles. The molecular formula is C17H18F3N3O6. The highest BCUT2D eigenvalue weighted by Gasteiger charge is 2.37. The Morgan fingerprint density at radius 3 is 2.59 bits per heavy atom. The van der Waals surface area contributed by atoms with Gasteiger partial charge >= 0.3 is 18.2 Å². The lowest BCUT2D eigenvalue weighted by Crippen LogP contribution is -2.44. The zero-order chi connectivity index (χ0) is 21.6.